The summed E-state index contributed by atoms with van der Waals surface area (Å²) in [4.78, 5) is 29.2. The summed E-state index contributed by atoms with van der Waals surface area (Å²) >= 11 is 6.10. The maximum atomic E-state index is 12.7. The summed E-state index contributed by atoms with van der Waals surface area (Å²) in [6, 6.07) is 14.1. The van der Waals surface area contributed by atoms with Crippen LogP contribution < -0.4 is 5.56 Å². The van der Waals surface area contributed by atoms with E-state index in [0.29, 0.717) is 16.9 Å². The van der Waals surface area contributed by atoms with Crippen LogP contribution >= 0.6 is 11.6 Å². The van der Waals surface area contributed by atoms with Gasteiger partial charge in [0.15, 0.2) is 0 Å². The predicted molar refractivity (Wildman–Crippen MR) is 110 cm³/mol. The summed E-state index contributed by atoms with van der Waals surface area (Å²) in [7, 11) is 0. The molecule has 0 aliphatic carbocycles. The second-order valence-electron chi connectivity index (χ2n) is 6.50. The molecule has 0 aliphatic heterocycles. The first-order chi connectivity index (χ1) is 13.4. The number of rotatable bonds is 5. The number of carbonyl (C=O) groups is 1. The molecule has 0 radical (unpaired) electrons. The third-order valence-electron chi connectivity index (χ3n) is 3.99. The van der Waals surface area contributed by atoms with E-state index in [1.54, 1.807) is 39.0 Å². The van der Waals surface area contributed by atoms with Crippen LogP contribution in [0, 0.1) is 6.92 Å². The van der Waals surface area contributed by atoms with Crippen molar-refractivity contribution in [3.05, 3.63) is 80.7 Å². The largest absolute Gasteiger partial charge is 0.459 e. The van der Waals surface area contributed by atoms with Crippen LogP contribution in [0.1, 0.15) is 35.5 Å². The summed E-state index contributed by atoms with van der Waals surface area (Å²) < 4.78 is 6.65. The highest BCUT2D eigenvalue weighted by molar-refractivity contribution is 6.33. The number of nitrogens with one attached hydrogen (secondary N) is 1. The van der Waals surface area contributed by atoms with E-state index >= 15 is 0 Å². The van der Waals surface area contributed by atoms with Crippen LogP contribution in [0.15, 0.2) is 58.3 Å². The molecule has 0 unspecified atom stereocenters. The van der Waals surface area contributed by atoms with Crippen molar-refractivity contribution in [1.29, 1.82) is 0 Å². The van der Waals surface area contributed by atoms with Gasteiger partial charge in [0.1, 0.15) is 0 Å². The number of esters is 1. The van der Waals surface area contributed by atoms with Gasteiger partial charge in [0.2, 0.25) is 0 Å². The van der Waals surface area contributed by atoms with Crippen LogP contribution in [0.4, 0.5) is 5.69 Å². The Morgan fingerprint density at radius 3 is 2.61 bits per heavy atom. The van der Waals surface area contributed by atoms with Gasteiger partial charge in [-0.25, -0.2) is 9.48 Å². The molecule has 6 nitrogen and oxygen atoms in total. The van der Waals surface area contributed by atoms with Crippen LogP contribution in [0.25, 0.3) is 5.69 Å². The Bertz CT molecular complexity index is 1080. The first-order valence-electron chi connectivity index (χ1n) is 8.78. The summed E-state index contributed by atoms with van der Waals surface area (Å²) in [6.45, 7) is 5.33. The van der Waals surface area contributed by atoms with Crippen LogP contribution in [-0.4, -0.2) is 28.1 Å². The van der Waals surface area contributed by atoms with E-state index in [2.05, 4.69) is 10.1 Å². The molecule has 0 atom stereocenters. The van der Waals surface area contributed by atoms with Gasteiger partial charge in [0, 0.05) is 11.9 Å². The van der Waals surface area contributed by atoms with Crippen molar-refractivity contribution >= 4 is 29.5 Å². The molecular weight excluding hydrogens is 378 g/mol. The highest BCUT2D eigenvalue weighted by atomic mass is 35.5. The fourth-order valence-corrected chi connectivity index (χ4v) is 2.83. The summed E-state index contributed by atoms with van der Waals surface area (Å²) in [5.74, 6) is -0.513. The summed E-state index contributed by atoms with van der Waals surface area (Å²) in [6.07, 6.45) is 1.23. The van der Waals surface area contributed by atoms with Crippen molar-refractivity contribution < 1.29 is 9.53 Å². The second kappa shape index (κ2) is 8.27. The van der Waals surface area contributed by atoms with E-state index in [4.69, 9.17) is 16.3 Å². The number of para-hydroxylation sites is 1. The first kappa shape index (κ1) is 19.6. The molecule has 1 aromatic heterocycles. The first-order valence-corrected chi connectivity index (χ1v) is 9.16. The standard InChI is InChI=1S/C21H20ClN3O3/c1-13(2)28-21(27)17-11-15(9-10-19(17)22)23-12-18-14(3)24-25(20(18)26)16-7-5-4-6-8-16/h4-13,24H,1-3H3. The number of hydrogen-bond acceptors (Lipinski definition) is 4. The third-order valence-corrected chi connectivity index (χ3v) is 4.32. The number of aromatic amines is 1. The zero-order valence-corrected chi connectivity index (χ0v) is 16.5. The Hall–Kier alpha value is -3.12. The lowest BCUT2D eigenvalue weighted by molar-refractivity contribution is 0.0378. The van der Waals surface area contributed by atoms with Crippen molar-refractivity contribution in [2.75, 3.05) is 0 Å². The Morgan fingerprint density at radius 2 is 1.93 bits per heavy atom. The molecule has 2 aromatic carbocycles. The van der Waals surface area contributed by atoms with Gasteiger partial charge in [-0.1, -0.05) is 29.8 Å². The van der Waals surface area contributed by atoms with Crippen molar-refractivity contribution in [2.45, 2.75) is 26.9 Å². The Kier molecular flexibility index (Phi) is 5.80. The zero-order valence-electron chi connectivity index (χ0n) is 15.8. The third kappa shape index (κ3) is 4.23. The van der Waals surface area contributed by atoms with Gasteiger partial charge < -0.3 is 4.74 Å². The maximum Gasteiger partial charge on any atom is 0.339 e. The monoisotopic (exact) mass is 397 g/mol. The predicted octanol–water partition coefficient (Wildman–Crippen LogP) is 4.44. The average molecular weight is 398 g/mol. The number of nitrogens with zero attached hydrogens (tertiary/aromatic N) is 2. The molecule has 0 bridgehead atoms. The van der Waals surface area contributed by atoms with E-state index in [1.165, 1.54) is 10.9 Å². The van der Waals surface area contributed by atoms with Crippen molar-refractivity contribution in [2.24, 2.45) is 4.99 Å². The number of aliphatic imine (C=N–C) groups is 1. The Morgan fingerprint density at radius 1 is 1.21 bits per heavy atom. The highest BCUT2D eigenvalue weighted by Gasteiger charge is 2.14. The van der Waals surface area contributed by atoms with Crippen LogP contribution in [0.5, 0.6) is 0 Å². The molecular formula is C21H20ClN3O3. The molecule has 3 aromatic rings. The normalized spacial score (nSPS) is 11.3. The van der Waals surface area contributed by atoms with Gasteiger partial charge in [-0.2, -0.15) is 0 Å². The summed E-state index contributed by atoms with van der Waals surface area (Å²) in [5, 5.41) is 3.33. The van der Waals surface area contributed by atoms with E-state index < -0.39 is 5.97 Å². The number of ether oxygens (including phenoxy) is 1. The fourth-order valence-electron chi connectivity index (χ4n) is 2.64. The Labute approximate surface area is 167 Å². The van der Waals surface area contributed by atoms with Gasteiger partial charge >= 0.3 is 5.97 Å². The lowest BCUT2D eigenvalue weighted by atomic mass is 10.2. The fraction of sp³-hybridized carbons (Fsp3) is 0.190. The second-order valence-corrected chi connectivity index (χ2v) is 6.91. The number of carbonyl (C=O) groups excluding carboxylic acids is 1. The van der Waals surface area contributed by atoms with E-state index in [-0.39, 0.29) is 22.2 Å². The topological polar surface area (TPSA) is 76.5 Å². The number of H-pyrrole nitrogens is 1. The molecule has 7 heteroatoms. The van der Waals surface area contributed by atoms with Crippen molar-refractivity contribution in [1.82, 2.24) is 9.78 Å². The van der Waals surface area contributed by atoms with Crippen LogP contribution in [0.2, 0.25) is 5.02 Å². The Balaban J connectivity index is 1.92. The van der Waals surface area contributed by atoms with Gasteiger partial charge in [-0.15, -0.1) is 0 Å². The smallest absolute Gasteiger partial charge is 0.339 e. The van der Waals surface area contributed by atoms with E-state index in [1.807, 2.05) is 30.3 Å². The number of aryl methyl sites for hydroxylation is 1. The maximum absolute atomic E-state index is 12.7. The molecule has 3 rings (SSSR count). The summed E-state index contributed by atoms with van der Waals surface area (Å²) in [5.41, 5.74) is 2.38. The molecule has 0 spiro atoms. The van der Waals surface area contributed by atoms with Gasteiger partial charge in [-0.3, -0.25) is 14.9 Å². The van der Waals surface area contributed by atoms with E-state index in [9.17, 15) is 9.59 Å². The number of halogens is 1. The quantitative estimate of drug-likeness (QED) is 0.510. The molecule has 28 heavy (non-hydrogen) atoms. The van der Waals surface area contributed by atoms with Crippen LogP contribution in [0.3, 0.4) is 0 Å². The molecule has 0 amide bonds. The molecule has 144 valence electrons. The van der Waals surface area contributed by atoms with Gasteiger partial charge in [0.25, 0.3) is 5.56 Å². The molecule has 0 saturated heterocycles. The molecule has 0 aliphatic rings. The lowest BCUT2D eigenvalue weighted by Crippen LogP contribution is -2.17. The minimum Gasteiger partial charge on any atom is -0.459 e. The highest BCUT2D eigenvalue weighted by Crippen LogP contribution is 2.23. The SMILES string of the molecule is Cc1[nH]n(-c2ccccc2)c(=O)c1C=Nc1ccc(Cl)c(C(=O)OC(C)C)c1. The molecule has 0 fully saturated rings. The van der Waals surface area contributed by atoms with Crippen LogP contribution in [-0.2, 0) is 4.74 Å². The van der Waals surface area contributed by atoms with Gasteiger partial charge in [0.05, 0.1) is 33.6 Å². The molecule has 1 heterocycles. The van der Waals surface area contributed by atoms with E-state index in [0.717, 1.165) is 5.69 Å². The minimum atomic E-state index is -0.513. The van der Waals surface area contributed by atoms with Crippen molar-refractivity contribution in [3.63, 3.8) is 0 Å². The number of hydrogen-bond donors (Lipinski definition) is 1. The molecule has 1 N–H and O–H groups in total. The lowest BCUT2D eigenvalue weighted by Gasteiger charge is -2.09. The zero-order chi connectivity index (χ0) is 20.3. The average Bonchev–Trinajstić information content (AvgIpc) is 2.95. The number of benzene rings is 2. The number of aromatic nitrogens is 2. The van der Waals surface area contributed by atoms with Crippen molar-refractivity contribution in [3.8, 4) is 5.69 Å². The minimum absolute atomic E-state index is 0.208. The van der Waals surface area contributed by atoms with Gasteiger partial charge in [-0.05, 0) is 51.1 Å². The molecule has 0 saturated carbocycles.